The van der Waals surface area contributed by atoms with E-state index in [2.05, 4.69) is 15.6 Å². The van der Waals surface area contributed by atoms with E-state index < -0.39 is 6.04 Å². The Labute approximate surface area is 225 Å². The third-order valence-corrected chi connectivity index (χ3v) is 6.36. The zero-order valence-electron chi connectivity index (χ0n) is 22.2. The summed E-state index contributed by atoms with van der Waals surface area (Å²) in [7, 11) is 6.32. The summed E-state index contributed by atoms with van der Waals surface area (Å²) in [4.78, 5) is 22.6. The fourth-order valence-electron chi connectivity index (χ4n) is 4.47. The summed E-state index contributed by atoms with van der Waals surface area (Å²) < 4.78 is 23.7. The van der Waals surface area contributed by atoms with Crippen molar-refractivity contribution in [1.82, 2.24) is 19.7 Å². The van der Waals surface area contributed by atoms with Crippen molar-refractivity contribution in [1.29, 1.82) is 0 Å². The van der Waals surface area contributed by atoms with Gasteiger partial charge in [0.15, 0.2) is 5.82 Å². The summed E-state index contributed by atoms with van der Waals surface area (Å²) in [5.74, 6) is 2.93. The number of anilines is 2. The lowest BCUT2D eigenvalue weighted by atomic mass is 9.94. The molecule has 4 aromatic rings. The number of hydrogen-bond acceptors (Lipinski definition) is 9. The summed E-state index contributed by atoms with van der Waals surface area (Å²) in [6.07, 6.45) is 3.23. The van der Waals surface area contributed by atoms with Gasteiger partial charge in [-0.2, -0.15) is 4.98 Å². The van der Waals surface area contributed by atoms with Crippen LogP contribution in [0.1, 0.15) is 18.5 Å². The molecule has 2 N–H and O–H groups in total. The topological polar surface area (TPSA) is 122 Å². The van der Waals surface area contributed by atoms with Crippen molar-refractivity contribution in [2.24, 2.45) is 0 Å². The van der Waals surface area contributed by atoms with Crippen LogP contribution in [-0.4, -0.2) is 54.1 Å². The molecular formula is C28H28N6O5. The van der Waals surface area contributed by atoms with E-state index in [9.17, 15) is 4.79 Å². The molecule has 1 amide bonds. The second kappa shape index (κ2) is 10.7. The number of rotatable bonds is 8. The number of hydrogen-bond donors (Lipinski definition) is 2. The van der Waals surface area contributed by atoms with Crippen molar-refractivity contribution >= 4 is 17.5 Å². The van der Waals surface area contributed by atoms with Gasteiger partial charge in [-0.05, 0) is 43.3 Å². The predicted octanol–water partition coefficient (Wildman–Crippen LogP) is 4.30. The van der Waals surface area contributed by atoms with Crippen LogP contribution in [0.15, 0.2) is 72.2 Å². The van der Waals surface area contributed by atoms with Crippen molar-refractivity contribution in [3.63, 3.8) is 0 Å². The van der Waals surface area contributed by atoms with Crippen LogP contribution in [0.4, 0.5) is 11.6 Å². The molecule has 1 aliphatic rings. The number of carbonyl (C=O) groups is 1. The molecule has 1 aliphatic heterocycles. The zero-order valence-corrected chi connectivity index (χ0v) is 22.2. The van der Waals surface area contributed by atoms with Gasteiger partial charge in [-0.25, -0.2) is 4.68 Å². The third kappa shape index (κ3) is 4.93. The standard InChI is InChI=1S/C28H28N6O5/c1-16-24(27(35)31-18-7-6-10-29-15-18)25(22-9-8-19(36-2)14-23(22)39-5)34-28(30-16)32-26(33-34)17-11-20(37-3)13-21(12-17)38-4/h6-15,25H,1-5H3,(H,31,35)(H,30,32,33). The maximum absolute atomic E-state index is 13.7. The molecule has 0 saturated carbocycles. The zero-order chi connectivity index (χ0) is 27.5. The summed E-state index contributed by atoms with van der Waals surface area (Å²) >= 11 is 0. The fourth-order valence-corrected chi connectivity index (χ4v) is 4.47. The molecule has 0 radical (unpaired) electrons. The summed E-state index contributed by atoms with van der Waals surface area (Å²) in [6, 6.07) is 13.7. The van der Waals surface area contributed by atoms with E-state index in [4.69, 9.17) is 29.0 Å². The second-order valence-electron chi connectivity index (χ2n) is 8.67. The number of nitrogens with one attached hydrogen (secondary N) is 2. The molecule has 0 aliphatic carbocycles. The van der Waals surface area contributed by atoms with Gasteiger partial charge in [0.05, 0.1) is 45.9 Å². The lowest BCUT2D eigenvalue weighted by Crippen LogP contribution is -2.31. The second-order valence-corrected chi connectivity index (χ2v) is 8.67. The molecule has 2 aromatic carbocycles. The summed E-state index contributed by atoms with van der Waals surface area (Å²) in [5.41, 5.74) is 3.02. The highest BCUT2D eigenvalue weighted by atomic mass is 16.5. The van der Waals surface area contributed by atoms with Crippen LogP contribution >= 0.6 is 0 Å². The molecule has 2 aromatic heterocycles. The Morgan fingerprint density at radius 2 is 1.69 bits per heavy atom. The van der Waals surface area contributed by atoms with Crippen LogP contribution in [0, 0.1) is 0 Å². The lowest BCUT2D eigenvalue weighted by Gasteiger charge is -2.29. The SMILES string of the molecule is COc1cc(OC)cc(-c2nc3n(n2)C(c2ccc(OC)cc2OC)C(C(=O)Nc2cccnc2)=C(C)N3)c1. The molecular weight excluding hydrogens is 500 g/mol. The Bertz CT molecular complexity index is 1530. The Kier molecular flexibility index (Phi) is 7.04. The number of aromatic nitrogens is 4. The Hall–Kier alpha value is -5.06. The number of nitrogens with zero attached hydrogens (tertiary/aromatic N) is 4. The van der Waals surface area contributed by atoms with Gasteiger partial charge in [-0.3, -0.25) is 9.78 Å². The number of amides is 1. The number of carbonyl (C=O) groups excluding carboxylic acids is 1. The van der Waals surface area contributed by atoms with Crippen molar-refractivity contribution in [3.8, 4) is 34.4 Å². The quantitative estimate of drug-likeness (QED) is 0.345. The molecule has 0 spiro atoms. The molecule has 3 heterocycles. The number of allylic oxidation sites excluding steroid dienone is 1. The summed E-state index contributed by atoms with van der Waals surface area (Å²) in [6.45, 7) is 1.83. The maximum atomic E-state index is 13.7. The van der Waals surface area contributed by atoms with E-state index in [-0.39, 0.29) is 5.91 Å². The van der Waals surface area contributed by atoms with Crippen LogP contribution in [-0.2, 0) is 4.79 Å². The predicted molar refractivity (Wildman–Crippen MR) is 145 cm³/mol. The van der Waals surface area contributed by atoms with E-state index >= 15 is 0 Å². The first kappa shape index (κ1) is 25.6. The smallest absolute Gasteiger partial charge is 0.255 e. The minimum Gasteiger partial charge on any atom is -0.497 e. The molecule has 39 heavy (non-hydrogen) atoms. The highest BCUT2D eigenvalue weighted by molar-refractivity contribution is 6.06. The van der Waals surface area contributed by atoms with E-state index in [1.165, 1.54) is 0 Å². The lowest BCUT2D eigenvalue weighted by molar-refractivity contribution is -0.113. The molecule has 11 heteroatoms. The Morgan fingerprint density at radius 3 is 2.33 bits per heavy atom. The van der Waals surface area contributed by atoms with E-state index in [1.807, 2.05) is 31.2 Å². The van der Waals surface area contributed by atoms with Gasteiger partial charge in [0.1, 0.15) is 29.0 Å². The molecule has 200 valence electrons. The Balaban J connectivity index is 1.66. The van der Waals surface area contributed by atoms with Crippen molar-refractivity contribution < 1.29 is 23.7 Å². The third-order valence-electron chi connectivity index (χ3n) is 6.36. The van der Waals surface area contributed by atoms with Gasteiger partial charge < -0.3 is 29.6 Å². The first-order valence-electron chi connectivity index (χ1n) is 12.1. The first-order chi connectivity index (χ1) is 18.9. The number of benzene rings is 2. The van der Waals surface area contributed by atoms with Crippen LogP contribution < -0.4 is 29.6 Å². The van der Waals surface area contributed by atoms with Gasteiger partial charge in [0.25, 0.3) is 5.91 Å². The number of pyridine rings is 1. The highest BCUT2D eigenvalue weighted by Gasteiger charge is 2.36. The average molecular weight is 529 g/mol. The van der Waals surface area contributed by atoms with Crippen molar-refractivity contribution in [2.75, 3.05) is 39.1 Å². The normalized spacial score (nSPS) is 14.2. The molecule has 5 rings (SSSR count). The van der Waals surface area contributed by atoms with Crippen LogP contribution in [0.25, 0.3) is 11.4 Å². The molecule has 0 saturated heterocycles. The number of fused-ring (bicyclic) bond motifs is 1. The molecule has 11 nitrogen and oxygen atoms in total. The van der Waals surface area contributed by atoms with Gasteiger partial charge in [0.2, 0.25) is 5.95 Å². The number of methoxy groups -OCH3 is 4. The van der Waals surface area contributed by atoms with E-state index in [0.717, 1.165) is 0 Å². The highest BCUT2D eigenvalue weighted by Crippen LogP contribution is 2.41. The average Bonchev–Trinajstić information content (AvgIpc) is 3.40. The van der Waals surface area contributed by atoms with Gasteiger partial charge in [-0.15, -0.1) is 5.10 Å². The number of ether oxygens (including phenoxy) is 4. The van der Waals surface area contributed by atoms with E-state index in [0.29, 0.717) is 62.9 Å². The van der Waals surface area contributed by atoms with Crippen LogP contribution in [0.3, 0.4) is 0 Å². The van der Waals surface area contributed by atoms with E-state index in [1.54, 1.807) is 69.8 Å². The van der Waals surface area contributed by atoms with Gasteiger partial charge >= 0.3 is 0 Å². The van der Waals surface area contributed by atoms with Crippen LogP contribution in [0.2, 0.25) is 0 Å². The first-order valence-corrected chi connectivity index (χ1v) is 12.1. The minimum absolute atomic E-state index is 0.318. The van der Waals surface area contributed by atoms with Crippen molar-refractivity contribution in [2.45, 2.75) is 13.0 Å². The Morgan fingerprint density at radius 1 is 0.949 bits per heavy atom. The minimum atomic E-state index is -0.674. The molecule has 1 unspecified atom stereocenters. The molecule has 1 atom stereocenters. The molecule has 0 fully saturated rings. The van der Waals surface area contributed by atoms with Crippen LogP contribution in [0.5, 0.6) is 23.0 Å². The fraction of sp³-hybridized carbons (Fsp3) is 0.214. The summed E-state index contributed by atoms with van der Waals surface area (Å²) in [5, 5.41) is 11.0. The van der Waals surface area contributed by atoms with Gasteiger partial charge in [0, 0.05) is 35.2 Å². The van der Waals surface area contributed by atoms with Crippen molar-refractivity contribution in [3.05, 3.63) is 77.8 Å². The largest absolute Gasteiger partial charge is 0.497 e. The molecule has 0 bridgehead atoms. The monoisotopic (exact) mass is 528 g/mol. The van der Waals surface area contributed by atoms with Gasteiger partial charge in [-0.1, -0.05) is 0 Å². The maximum Gasteiger partial charge on any atom is 0.255 e.